The van der Waals surface area contributed by atoms with Crippen molar-refractivity contribution in [3.05, 3.63) is 42.5 Å². The maximum absolute atomic E-state index is 12.2. The number of likely N-dealkylation sites (tertiary alicyclic amines) is 1. The van der Waals surface area contributed by atoms with Gasteiger partial charge in [0.25, 0.3) is 5.91 Å². The molecule has 1 fully saturated rings. The summed E-state index contributed by atoms with van der Waals surface area (Å²) >= 11 is 0. The largest absolute Gasteiger partial charge is 0.350 e. The van der Waals surface area contributed by atoms with E-state index in [0.717, 1.165) is 25.9 Å². The van der Waals surface area contributed by atoms with Crippen molar-refractivity contribution in [1.82, 2.24) is 25.0 Å². The van der Waals surface area contributed by atoms with Gasteiger partial charge in [-0.05, 0) is 38.6 Å². The maximum Gasteiger partial charge on any atom is 0.274 e. The highest BCUT2D eigenvalue weighted by Crippen LogP contribution is 2.09. The number of hydrogen-bond acceptors (Lipinski definition) is 5. The molecule has 3 heterocycles. The molecule has 25 heavy (non-hydrogen) atoms. The Labute approximate surface area is 146 Å². The van der Waals surface area contributed by atoms with Crippen molar-refractivity contribution >= 4 is 17.5 Å². The molecule has 0 bridgehead atoms. The van der Waals surface area contributed by atoms with Crippen LogP contribution in [0, 0.1) is 0 Å². The topological polar surface area (TPSA) is 92.2 Å². The molecule has 2 N–H and O–H groups in total. The average molecular weight is 342 g/mol. The van der Waals surface area contributed by atoms with Gasteiger partial charge in [-0.3, -0.25) is 19.3 Å². The van der Waals surface area contributed by atoms with E-state index in [0.29, 0.717) is 11.4 Å². The van der Waals surface area contributed by atoms with Crippen molar-refractivity contribution in [3.8, 4) is 0 Å². The molecule has 3 rings (SSSR count). The highest BCUT2D eigenvalue weighted by atomic mass is 16.2. The Morgan fingerprint density at radius 3 is 3.00 bits per heavy atom. The summed E-state index contributed by atoms with van der Waals surface area (Å²) in [6.45, 7) is 2.07. The molecule has 8 nitrogen and oxygen atoms in total. The van der Waals surface area contributed by atoms with E-state index in [-0.39, 0.29) is 24.4 Å². The number of piperidine rings is 1. The van der Waals surface area contributed by atoms with Gasteiger partial charge in [0.2, 0.25) is 5.91 Å². The Morgan fingerprint density at radius 1 is 1.36 bits per heavy atom. The fourth-order valence-electron chi connectivity index (χ4n) is 2.91. The van der Waals surface area contributed by atoms with Crippen molar-refractivity contribution in [3.63, 3.8) is 0 Å². The molecule has 1 aliphatic heterocycles. The highest BCUT2D eigenvalue weighted by Gasteiger charge is 2.19. The zero-order chi connectivity index (χ0) is 17.6. The predicted molar refractivity (Wildman–Crippen MR) is 93.1 cm³/mol. The van der Waals surface area contributed by atoms with Crippen LogP contribution in [0.3, 0.4) is 0 Å². The number of rotatable bonds is 5. The summed E-state index contributed by atoms with van der Waals surface area (Å²) in [6, 6.07) is 5.31. The van der Waals surface area contributed by atoms with E-state index in [9.17, 15) is 9.59 Å². The smallest absolute Gasteiger partial charge is 0.274 e. The molecule has 1 unspecified atom stereocenters. The number of nitrogens with zero attached hydrogens (tertiary/aromatic N) is 4. The van der Waals surface area contributed by atoms with Crippen molar-refractivity contribution in [2.45, 2.75) is 25.4 Å². The van der Waals surface area contributed by atoms with Crippen LogP contribution in [0.25, 0.3) is 0 Å². The average Bonchev–Trinajstić information content (AvgIpc) is 3.02. The molecule has 0 saturated carbocycles. The number of anilines is 1. The first kappa shape index (κ1) is 17.1. The first-order valence-electron chi connectivity index (χ1n) is 8.33. The second kappa shape index (κ2) is 7.89. The molecule has 0 spiro atoms. The first-order valence-corrected chi connectivity index (χ1v) is 8.33. The van der Waals surface area contributed by atoms with Crippen LogP contribution in [0.4, 0.5) is 5.69 Å². The standard InChI is InChI=1S/C17H22N6O2/c1-22-8-4-5-13(10-22)20-16(24)12-23-11-14(9-19-23)21-17(25)15-6-2-3-7-18-15/h2-3,6-7,9,11,13H,4-5,8,10,12H2,1H3,(H,20,24)(H,21,25). The Balaban J connectivity index is 1.51. The van der Waals surface area contributed by atoms with Gasteiger partial charge < -0.3 is 15.5 Å². The van der Waals surface area contributed by atoms with Crippen LogP contribution in [0.5, 0.6) is 0 Å². The summed E-state index contributed by atoms with van der Waals surface area (Å²) in [5, 5.41) is 9.87. The molecule has 0 aliphatic carbocycles. The second-order valence-corrected chi connectivity index (χ2v) is 6.26. The highest BCUT2D eigenvalue weighted by molar-refractivity contribution is 6.02. The molecule has 2 amide bonds. The van der Waals surface area contributed by atoms with Gasteiger partial charge in [0.15, 0.2) is 0 Å². The van der Waals surface area contributed by atoms with Crippen LogP contribution in [0.1, 0.15) is 23.3 Å². The van der Waals surface area contributed by atoms with E-state index in [1.807, 2.05) is 0 Å². The van der Waals surface area contributed by atoms with E-state index >= 15 is 0 Å². The number of likely N-dealkylation sites (N-methyl/N-ethyl adjacent to an activating group) is 1. The lowest BCUT2D eigenvalue weighted by Gasteiger charge is -2.30. The van der Waals surface area contributed by atoms with Gasteiger partial charge in [-0.15, -0.1) is 0 Å². The number of carbonyl (C=O) groups excluding carboxylic acids is 2. The number of aromatic nitrogens is 3. The minimum absolute atomic E-state index is 0.0778. The van der Waals surface area contributed by atoms with Gasteiger partial charge in [-0.1, -0.05) is 6.07 Å². The summed E-state index contributed by atoms with van der Waals surface area (Å²) in [5.41, 5.74) is 0.857. The van der Waals surface area contributed by atoms with Crippen LogP contribution in [0.2, 0.25) is 0 Å². The molecule has 2 aromatic rings. The van der Waals surface area contributed by atoms with E-state index in [4.69, 9.17) is 0 Å². The zero-order valence-corrected chi connectivity index (χ0v) is 14.2. The van der Waals surface area contributed by atoms with Crippen molar-refractivity contribution in [2.24, 2.45) is 0 Å². The third-order valence-corrected chi connectivity index (χ3v) is 4.08. The lowest BCUT2D eigenvalue weighted by molar-refractivity contribution is -0.122. The fraction of sp³-hybridized carbons (Fsp3) is 0.412. The molecule has 0 radical (unpaired) electrons. The third kappa shape index (κ3) is 4.87. The van der Waals surface area contributed by atoms with Crippen molar-refractivity contribution in [1.29, 1.82) is 0 Å². The summed E-state index contributed by atoms with van der Waals surface area (Å²) in [6.07, 6.45) is 6.80. The normalized spacial score (nSPS) is 17.9. The lowest BCUT2D eigenvalue weighted by Crippen LogP contribution is -2.47. The maximum atomic E-state index is 12.2. The van der Waals surface area contributed by atoms with Gasteiger partial charge in [0.1, 0.15) is 12.2 Å². The summed E-state index contributed by atoms with van der Waals surface area (Å²) < 4.78 is 1.51. The Kier molecular flexibility index (Phi) is 5.39. The number of amides is 2. The minimum Gasteiger partial charge on any atom is -0.350 e. The molecule has 1 aliphatic rings. The van der Waals surface area contributed by atoms with Crippen LogP contribution < -0.4 is 10.6 Å². The number of carbonyl (C=O) groups is 2. The van der Waals surface area contributed by atoms with E-state index in [2.05, 4.69) is 32.7 Å². The third-order valence-electron chi connectivity index (χ3n) is 4.08. The summed E-state index contributed by atoms with van der Waals surface area (Å²) in [7, 11) is 2.06. The minimum atomic E-state index is -0.310. The van der Waals surface area contributed by atoms with E-state index in [1.54, 1.807) is 30.6 Å². The van der Waals surface area contributed by atoms with E-state index < -0.39 is 0 Å². The quantitative estimate of drug-likeness (QED) is 0.836. The Bertz CT molecular complexity index is 730. The molecular weight excluding hydrogens is 320 g/mol. The molecule has 1 atom stereocenters. The van der Waals surface area contributed by atoms with Gasteiger partial charge >= 0.3 is 0 Å². The van der Waals surface area contributed by atoms with Gasteiger partial charge in [0.05, 0.1) is 11.9 Å². The molecular formula is C17H22N6O2. The van der Waals surface area contributed by atoms with Crippen LogP contribution in [-0.4, -0.2) is 57.7 Å². The van der Waals surface area contributed by atoms with Gasteiger partial charge in [0, 0.05) is 25.0 Å². The molecule has 0 aromatic carbocycles. The SMILES string of the molecule is CN1CCCC(NC(=O)Cn2cc(NC(=O)c3ccccn3)cn2)C1. The molecule has 1 saturated heterocycles. The van der Waals surface area contributed by atoms with Crippen LogP contribution >= 0.6 is 0 Å². The lowest BCUT2D eigenvalue weighted by atomic mass is 10.1. The zero-order valence-electron chi connectivity index (χ0n) is 14.2. The summed E-state index contributed by atoms with van der Waals surface area (Å²) in [5.74, 6) is -0.388. The Morgan fingerprint density at radius 2 is 2.24 bits per heavy atom. The van der Waals surface area contributed by atoms with Gasteiger partial charge in [-0.2, -0.15) is 5.10 Å². The molecule has 132 valence electrons. The first-order chi connectivity index (χ1) is 12.1. The fourth-order valence-corrected chi connectivity index (χ4v) is 2.91. The van der Waals surface area contributed by atoms with Crippen LogP contribution in [-0.2, 0) is 11.3 Å². The number of nitrogens with one attached hydrogen (secondary N) is 2. The summed E-state index contributed by atoms with van der Waals surface area (Å²) in [4.78, 5) is 30.4. The van der Waals surface area contributed by atoms with E-state index in [1.165, 1.54) is 10.9 Å². The van der Waals surface area contributed by atoms with Crippen molar-refractivity contribution < 1.29 is 9.59 Å². The monoisotopic (exact) mass is 342 g/mol. The number of hydrogen-bond donors (Lipinski definition) is 2. The molecule has 8 heteroatoms. The Hall–Kier alpha value is -2.74. The predicted octanol–water partition coefficient (Wildman–Crippen LogP) is 0.741. The van der Waals surface area contributed by atoms with Gasteiger partial charge in [-0.25, -0.2) is 0 Å². The molecule has 2 aromatic heterocycles. The number of pyridine rings is 1. The van der Waals surface area contributed by atoms with Crippen LogP contribution in [0.15, 0.2) is 36.8 Å². The van der Waals surface area contributed by atoms with Crippen molar-refractivity contribution in [2.75, 3.05) is 25.5 Å². The second-order valence-electron chi connectivity index (χ2n) is 6.26.